The van der Waals surface area contributed by atoms with Crippen molar-refractivity contribution in [2.24, 2.45) is 17.1 Å². The first kappa shape index (κ1) is 14.3. The first-order valence-corrected chi connectivity index (χ1v) is 7.09. The second-order valence-electron chi connectivity index (χ2n) is 6.62. The van der Waals surface area contributed by atoms with Gasteiger partial charge in [-0.1, -0.05) is 0 Å². The van der Waals surface area contributed by atoms with Crippen molar-refractivity contribution in [2.45, 2.75) is 58.0 Å². The summed E-state index contributed by atoms with van der Waals surface area (Å²) in [7, 11) is 0. The van der Waals surface area contributed by atoms with Crippen molar-refractivity contribution in [2.75, 3.05) is 6.54 Å². The van der Waals surface area contributed by atoms with Crippen molar-refractivity contribution >= 4 is 11.9 Å². The number of amides is 1. The highest BCUT2D eigenvalue weighted by Crippen LogP contribution is 2.41. The van der Waals surface area contributed by atoms with Crippen LogP contribution >= 0.6 is 0 Å². The van der Waals surface area contributed by atoms with Gasteiger partial charge in [0.15, 0.2) is 0 Å². The first-order valence-electron chi connectivity index (χ1n) is 7.09. The SMILES string of the molecule is CC(C)(CN)C(=O)N1C2CCC1CC(CC(=O)O)C2. The Hall–Kier alpha value is -1.10. The van der Waals surface area contributed by atoms with Crippen LogP contribution in [0.4, 0.5) is 0 Å². The first-order chi connectivity index (χ1) is 8.85. The predicted molar refractivity (Wildman–Crippen MR) is 71.5 cm³/mol. The largest absolute Gasteiger partial charge is 0.481 e. The average molecular weight is 268 g/mol. The molecule has 0 radical (unpaired) electrons. The van der Waals surface area contributed by atoms with Crippen LogP contribution < -0.4 is 5.73 Å². The van der Waals surface area contributed by atoms with Crippen LogP contribution in [0.15, 0.2) is 0 Å². The van der Waals surface area contributed by atoms with Crippen LogP contribution in [-0.2, 0) is 9.59 Å². The molecule has 5 heteroatoms. The molecule has 2 aliphatic heterocycles. The highest BCUT2D eigenvalue weighted by atomic mass is 16.4. The molecule has 2 aliphatic rings. The molecular weight excluding hydrogens is 244 g/mol. The van der Waals surface area contributed by atoms with E-state index in [4.69, 9.17) is 10.8 Å². The fraction of sp³-hybridized carbons (Fsp3) is 0.857. The van der Waals surface area contributed by atoms with Crippen LogP contribution in [0.1, 0.15) is 46.0 Å². The maximum Gasteiger partial charge on any atom is 0.303 e. The van der Waals surface area contributed by atoms with Gasteiger partial charge >= 0.3 is 5.97 Å². The van der Waals surface area contributed by atoms with Crippen molar-refractivity contribution in [3.05, 3.63) is 0 Å². The van der Waals surface area contributed by atoms with E-state index in [9.17, 15) is 9.59 Å². The number of nitrogens with two attached hydrogens (primary N) is 1. The summed E-state index contributed by atoms with van der Waals surface area (Å²) >= 11 is 0. The van der Waals surface area contributed by atoms with Crippen molar-refractivity contribution in [3.8, 4) is 0 Å². The highest BCUT2D eigenvalue weighted by molar-refractivity contribution is 5.83. The fourth-order valence-electron chi connectivity index (χ4n) is 3.47. The molecule has 0 aromatic rings. The molecule has 2 fully saturated rings. The molecular formula is C14H24N2O3. The van der Waals surface area contributed by atoms with E-state index in [1.165, 1.54) is 0 Å². The van der Waals surface area contributed by atoms with Gasteiger partial charge in [-0.2, -0.15) is 0 Å². The van der Waals surface area contributed by atoms with E-state index in [1.807, 2.05) is 18.7 Å². The summed E-state index contributed by atoms with van der Waals surface area (Å²) in [6.07, 6.45) is 3.90. The number of carbonyl (C=O) groups excluding carboxylic acids is 1. The Labute approximate surface area is 114 Å². The van der Waals surface area contributed by atoms with E-state index in [2.05, 4.69) is 0 Å². The maximum absolute atomic E-state index is 12.6. The van der Waals surface area contributed by atoms with E-state index in [0.29, 0.717) is 6.54 Å². The van der Waals surface area contributed by atoms with Gasteiger partial charge in [-0.3, -0.25) is 9.59 Å². The Morgan fingerprint density at radius 1 is 1.26 bits per heavy atom. The third-order valence-corrected chi connectivity index (χ3v) is 4.62. The molecule has 0 aromatic heterocycles. The normalized spacial score (nSPS) is 30.5. The number of carboxylic acids is 1. The zero-order chi connectivity index (χ0) is 14.2. The van der Waals surface area contributed by atoms with Gasteiger partial charge in [0.05, 0.1) is 5.41 Å². The van der Waals surface area contributed by atoms with Crippen LogP contribution in [0.2, 0.25) is 0 Å². The van der Waals surface area contributed by atoms with Crippen molar-refractivity contribution in [1.82, 2.24) is 4.90 Å². The molecule has 2 unspecified atom stereocenters. The summed E-state index contributed by atoms with van der Waals surface area (Å²) in [6, 6.07) is 0.447. The number of carbonyl (C=O) groups is 2. The van der Waals surface area contributed by atoms with Gasteiger partial charge in [0.2, 0.25) is 5.91 Å². The quantitative estimate of drug-likeness (QED) is 0.803. The Morgan fingerprint density at radius 2 is 1.79 bits per heavy atom. The van der Waals surface area contributed by atoms with Crippen molar-refractivity contribution in [1.29, 1.82) is 0 Å². The lowest BCUT2D eigenvalue weighted by atomic mass is 9.84. The molecule has 0 aliphatic carbocycles. The van der Waals surface area contributed by atoms with Gasteiger partial charge in [-0.15, -0.1) is 0 Å². The number of piperidine rings is 1. The standard InChI is InChI=1S/C14H24N2O3/c1-14(2,8-15)13(19)16-10-3-4-11(16)6-9(5-10)7-12(17)18/h9-11H,3-8,15H2,1-2H3,(H,17,18). The molecule has 2 bridgehead atoms. The summed E-state index contributed by atoms with van der Waals surface area (Å²) in [5.74, 6) is -0.372. The molecule has 2 rings (SSSR count). The molecule has 3 N–H and O–H groups in total. The van der Waals surface area contributed by atoms with Gasteiger partial charge in [0.25, 0.3) is 0 Å². The van der Waals surface area contributed by atoms with Gasteiger partial charge in [0, 0.05) is 25.0 Å². The highest BCUT2D eigenvalue weighted by Gasteiger charge is 2.46. The maximum atomic E-state index is 12.6. The van der Waals surface area contributed by atoms with Gasteiger partial charge < -0.3 is 15.7 Å². The zero-order valence-electron chi connectivity index (χ0n) is 11.8. The smallest absolute Gasteiger partial charge is 0.303 e. The molecule has 2 heterocycles. The van der Waals surface area contributed by atoms with E-state index < -0.39 is 11.4 Å². The average Bonchev–Trinajstić information content (AvgIpc) is 2.59. The minimum Gasteiger partial charge on any atom is -0.481 e. The van der Waals surface area contributed by atoms with Crippen LogP contribution in [0.3, 0.4) is 0 Å². The number of fused-ring (bicyclic) bond motifs is 2. The van der Waals surface area contributed by atoms with Crippen molar-refractivity contribution in [3.63, 3.8) is 0 Å². The topological polar surface area (TPSA) is 83.6 Å². The summed E-state index contributed by atoms with van der Waals surface area (Å²) in [6.45, 7) is 4.12. The zero-order valence-corrected chi connectivity index (χ0v) is 11.8. The van der Waals surface area contributed by atoms with E-state index >= 15 is 0 Å². The summed E-state index contributed by atoms with van der Waals surface area (Å²) in [5, 5.41) is 8.90. The second-order valence-corrected chi connectivity index (χ2v) is 6.62. The van der Waals surface area contributed by atoms with Gasteiger partial charge in [-0.05, 0) is 45.4 Å². The Bertz CT molecular complexity index is 367. The number of rotatable bonds is 4. The lowest BCUT2D eigenvalue weighted by Crippen LogP contribution is -2.53. The molecule has 1 amide bonds. The fourth-order valence-corrected chi connectivity index (χ4v) is 3.47. The number of aliphatic carboxylic acids is 1. The minimum absolute atomic E-state index is 0.135. The molecule has 2 atom stereocenters. The number of carboxylic acid groups (broad SMARTS) is 1. The van der Waals surface area contributed by atoms with Crippen molar-refractivity contribution < 1.29 is 14.7 Å². The number of hydrogen-bond acceptors (Lipinski definition) is 3. The van der Waals surface area contributed by atoms with Crippen LogP contribution in [-0.4, -0.2) is 40.5 Å². The Balaban J connectivity index is 2.07. The van der Waals surface area contributed by atoms with Crippen LogP contribution in [0, 0.1) is 11.3 Å². The van der Waals surface area contributed by atoms with Gasteiger partial charge in [0.1, 0.15) is 0 Å². The predicted octanol–water partition coefficient (Wildman–Crippen LogP) is 1.22. The lowest BCUT2D eigenvalue weighted by Gasteiger charge is -2.42. The third-order valence-electron chi connectivity index (χ3n) is 4.62. The van der Waals surface area contributed by atoms with Crippen LogP contribution in [0.25, 0.3) is 0 Å². The molecule has 0 aromatic carbocycles. The van der Waals surface area contributed by atoms with Gasteiger partial charge in [-0.25, -0.2) is 0 Å². The monoisotopic (exact) mass is 268 g/mol. The number of nitrogens with zero attached hydrogens (tertiary/aromatic N) is 1. The summed E-state index contributed by atoms with van der Waals surface area (Å²) in [5.41, 5.74) is 5.18. The summed E-state index contributed by atoms with van der Waals surface area (Å²) in [4.78, 5) is 25.4. The molecule has 0 saturated carbocycles. The molecule has 5 nitrogen and oxygen atoms in total. The molecule has 0 spiro atoms. The van der Waals surface area contributed by atoms with E-state index in [1.54, 1.807) is 0 Å². The molecule has 19 heavy (non-hydrogen) atoms. The summed E-state index contributed by atoms with van der Waals surface area (Å²) < 4.78 is 0. The van der Waals surface area contributed by atoms with E-state index in [0.717, 1.165) is 25.7 Å². The Kier molecular flexibility index (Phi) is 3.85. The lowest BCUT2D eigenvalue weighted by molar-refractivity contribution is -0.146. The third kappa shape index (κ3) is 2.76. The van der Waals surface area contributed by atoms with Crippen LogP contribution in [0.5, 0.6) is 0 Å². The second kappa shape index (κ2) is 5.12. The molecule has 2 saturated heterocycles. The minimum atomic E-state index is -0.730. The number of hydrogen-bond donors (Lipinski definition) is 2. The Morgan fingerprint density at radius 3 is 2.21 bits per heavy atom. The van der Waals surface area contributed by atoms with E-state index in [-0.39, 0.29) is 30.3 Å². The molecule has 108 valence electrons.